The first-order chi connectivity index (χ1) is 14.2. The molecule has 2 aromatic rings. The molecule has 0 spiro atoms. The van der Waals surface area contributed by atoms with Crippen molar-refractivity contribution in [3.8, 4) is 0 Å². The maximum Gasteiger partial charge on any atom is 0.426 e. The largest absolute Gasteiger partial charge is 0.426 e. The fraction of sp³-hybridized carbons (Fsp3) is 0.261. The summed E-state index contributed by atoms with van der Waals surface area (Å²) >= 11 is 0.823. The number of hydrogen-bond donors (Lipinski definition) is 1. The number of hydrogen-bond acceptors (Lipinski definition) is 2. The minimum absolute atomic E-state index is 0.135. The molecule has 158 valence electrons. The molecule has 0 unspecified atom stereocenters. The molecule has 2 nitrogen and oxygen atoms in total. The highest BCUT2D eigenvalue weighted by Gasteiger charge is 2.39. The predicted molar refractivity (Wildman–Crippen MR) is 112 cm³/mol. The summed E-state index contributed by atoms with van der Waals surface area (Å²) in [6.45, 7) is 5.38. The molecule has 0 saturated carbocycles. The summed E-state index contributed by atoms with van der Waals surface area (Å²) < 4.78 is 54.8. The van der Waals surface area contributed by atoms with E-state index in [1.54, 1.807) is 13.0 Å². The first kappa shape index (κ1) is 22.0. The molecule has 3 rings (SSSR count). The monoisotopic (exact) mass is 435 g/mol. The number of benzene rings is 1. The molecule has 1 aromatic carbocycles. The number of halogens is 4. The van der Waals surface area contributed by atoms with Gasteiger partial charge in [-0.15, -0.1) is 11.3 Å². The molecular weight excluding hydrogens is 414 g/mol. The van der Waals surface area contributed by atoms with E-state index in [9.17, 15) is 22.4 Å². The molecule has 1 N–H and O–H groups in total. The third-order valence-electron chi connectivity index (χ3n) is 4.89. The summed E-state index contributed by atoms with van der Waals surface area (Å²) in [5.41, 5.74) is 1.42. The molecule has 0 saturated heterocycles. The quantitative estimate of drug-likeness (QED) is 0.412. The molecule has 0 radical (unpaired) electrons. The van der Waals surface area contributed by atoms with Crippen LogP contribution < -0.4 is 5.32 Å². The van der Waals surface area contributed by atoms with Gasteiger partial charge in [0.25, 0.3) is 5.91 Å². The SMILES string of the molecule is C=C(/C=C\C(=C/C)c1c(C(F)(F)F)sc2c1CCCC2)NC(=O)c1ccccc1F. The van der Waals surface area contributed by atoms with Gasteiger partial charge in [-0.05, 0) is 62.0 Å². The number of fused-ring (bicyclic) bond motifs is 1. The Morgan fingerprint density at radius 1 is 1.17 bits per heavy atom. The highest BCUT2D eigenvalue weighted by Crippen LogP contribution is 2.46. The zero-order valence-corrected chi connectivity index (χ0v) is 17.2. The topological polar surface area (TPSA) is 29.1 Å². The van der Waals surface area contributed by atoms with E-state index in [0.29, 0.717) is 18.4 Å². The smallest absolute Gasteiger partial charge is 0.322 e. The van der Waals surface area contributed by atoms with Gasteiger partial charge in [0.2, 0.25) is 0 Å². The summed E-state index contributed by atoms with van der Waals surface area (Å²) in [4.78, 5) is 12.4. The second-order valence-corrected chi connectivity index (χ2v) is 8.05. The Hall–Kier alpha value is -2.67. The Balaban J connectivity index is 1.85. The number of nitrogens with one attached hydrogen (secondary N) is 1. The Morgan fingerprint density at radius 2 is 1.87 bits per heavy atom. The van der Waals surface area contributed by atoms with Gasteiger partial charge in [-0.2, -0.15) is 13.2 Å². The summed E-state index contributed by atoms with van der Waals surface area (Å²) in [7, 11) is 0. The molecule has 1 aromatic heterocycles. The molecule has 0 bridgehead atoms. The minimum Gasteiger partial charge on any atom is -0.322 e. The molecule has 7 heteroatoms. The van der Waals surface area contributed by atoms with Gasteiger partial charge in [-0.3, -0.25) is 4.79 Å². The van der Waals surface area contributed by atoms with Crippen LogP contribution in [0.15, 0.2) is 54.8 Å². The molecule has 1 aliphatic rings. The van der Waals surface area contributed by atoms with Crippen LogP contribution in [0.2, 0.25) is 0 Å². The van der Waals surface area contributed by atoms with E-state index in [2.05, 4.69) is 11.9 Å². The van der Waals surface area contributed by atoms with E-state index in [-0.39, 0.29) is 16.8 Å². The van der Waals surface area contributed by atoms with Crippen molar-refractivity contribution in [2.75, 3.05) is 0 Å². The number of alkyl halides is 3. The van der Waals surface area contributed by atoms with Crippen LogP contribution in [0.3, 0.4) is 0 Å². The highest BCUT2D eigenvalue weighted by atomic mass is 32.1. The molecule has 1 amide bonds. The van der Waals surface area contributed by atoms with Crippen LogP contribution >= 0.6 is 11.3 Å². The van der Waals surface area contributed by atoms with E-state index in [0.717, 1.165) is 34.6 Å². The third kappa shape index (κ3) is 4.73. The average molecular weight is 435 g/mol. The van der Waals surface area contributed by atoms with Crippen LogP contribution in [0.25, 0.3) is 5.57 Å². The van der Waals surface area contributed by atoms with E-state index >= 15 is 0 Å². The molecule has 1 aliphatic carbocycles. The van der Waals surface area contributed by atoms with Crippen LogP contribution in [-0.2, 0) is 19.0 Å². The van der Waals surface area contributed by atoms with Crippen LogP contribution in [0, 0.1) is 5.82 Å². The van der Waals surface area contributed by atoms with Crippen molar-refractivity contribution in [1.82, 2.24) is 5.32 Å². The van der Waals surface area contributed by atoms with E-state index in [1.807, 2.05) is 0 Å². The van der Waals surface area contributed by atoms with Crippen molar-refractivity contribution >= 4 is 22.8 Å². The highest BCUT2D eigenvalue weighted by molar-refractivity contribution is 7.12. The summed E-state index contributed by atoms with van der Waals surface area (Å²) in [6.07, 6.45) is 3.16. The van der Waals surface area contributed by atoms with Crippen molar-refractivity contribution in [2.45, 2.75) is 38.8 Å². The Morgan fingerprint density at radius 3 is 2.53 bits per heavy atom. The molecular formula is C23H21F4NOS. The van der Waals surface area contributed by atoms with Crippen molar-refractivity contribution < 1.29 is 22.4 Å². The fourth-order valence-corrected chi connectivity index (χ4v) is 4.76. The normalized spacial score (nSPS) is 14.6. The number of rotatable bonds is 5. The lowest BCUT2D eigenvalue weighted by Crippen LogP contribution is -2.22. The standard InChI is InChI=1S/C23H21F4NOS/c1-3-15(13-12-14(2)28-22(29)16-8-4-6-10-18(16)24)20-17-9-5-7-11-19(17)30-21(20)23(25,26)27/h3-4,6,8,10,12-13H,2,5,7,9,11H2,1H3,(H,28,29)/b13-12-,15-3+. The number of carbonyl (C=O) groups excluding carboxylic acids is 1. The lowest BCUT2D eigenvalue weighted by molar-refractivity contribution is -0.134. The van der Waals surface area contributed by atoms with Crippen molar-refractivity contribution in [3.05, 3.63) is 87.0 Å². The number of thiophene rings is 1. The van der Waals surface area contributed by atoms with E-state index in [1.165, 1.54) is 36.4 Å². The zero-order chi connectivity index (χ0) is 21.9. The average Bonchev–Trinajstić information content (AvgIpc) is 3.09. The van der Waals surface area contributed by atoms with Crippen molar-refractivity contribution in [3.63, 3.8) is 0 Å². The molecule has 30 heavy (non-hydrogen) atoms. The third-order valence-corrected chi connectivity index (χ3v) is 6.22. The Kier molecular flexibility index (Phi) is 6.61. The molecule has 0 atom stereocenters. The maximum absolute atomic E-state index is 13.7. The second-order valence-electron chi connectivity index (χ2n) is 6.95. The van der Waals surface area contributed by atoms with Gasteiger partial charge in [-0.1, -0.05) is 30.9 Å². The molecule has 1 heterocycles. The number of carbonyl (C=O) groups is 1. The second kappa shape index (κ2) is 9.00. The number of amides is 1. The summed E-state index contributed by atoms with van der Waals surface area (Å²) in [6, 6.07) is 5.52. The van der Waals surface area contributed by atoms with Gasteiger partial charge in [0.1, 0.15) is 10.7 Å². The van der Waals surface area contributed by atoms with Crippen LogP contribution in [0.5, 0.6) is 0 Å². The first-order valence-electron chi connectivity index (χ1n) is 9.53. The number of allylic oxidation sites excluding steroid dienone is 4. The zero-order valence-electron chi connectivity index (χ0n) is 16.4. The van der Waals surface area contributed by atoms with Crippen LogP contribution in [0.1, 0.15) is 51.0 Å². The van der Waals surface area contributed by atoms with E-state index in [4.69, 9.17) is 0 Å². The van der Waals surface area contributed by atoms with E-state index < -0.39 is 22.8 Å². The fourth-order valence-electron chi connectivity index (χ4n) is 3.49. The maximum atomic E-state index is 13.7. The molecule has 0 aliphatic heterocycles. The predicted octanol–water partition coefficient (Wildman–Crippen LogP) is 6.69. The lowest BCUT2D eigenvalue weighted by atomic mass is 9.90. The first-order valence-corrected chi connectivity index (χ1v) is 10.3. The lowest BCUT2D eigenvalue weighted by Gasteiger charge is -2.15. The number of aryl methyl sites for hydroxylation is 1. The Labute approximate surface area is 176 Å². The van der Waals surface area contributed by atoms with Crippen LogP contribution in [-0.4, -0.2) is 5.91 Å². The Bertz CT molecular complexity index is 1030. The molecule has 0 fully saturated rings. The van der Waals surface area contributed by atoms with Crippen LogP contribution in [0.4, 0.5) is 17.6 Å². The summed E-state index contributed by atoms with van der Waals surface area (Å²) in [5, 5.41) is 2.46. The van der Waals surface area contributed by atoms with Crippen molar-refractivity contribution in [2.24, 2.45) is 0 Å². The van der Waals surface area contributed by atoms with Gasteiger partial charge in [0.15, 0.2) is 0 Å². The van der Waals surface area contributed by atoms with Gasteiger partial charge >= 0.3 is 6.18 Å². The van der Waals surface area contributed by atoms with Gasteiger partial charge < -0.3 is 5.32 Å². The van der Waals surface area contributed by atoms with Gasteiger partial charge in [0, 0.05) is 16.1 Å². The van der Waals surface area contributed by atoms with Crippen molar-refractivity contribution in [1.29, 1.82) is 0 Å². The minimum atomic E-state index is -4.44. The van der Waals surface area contributed by atoms with Gasteiger partial charge in [-0.25, -0.2) is 4.39 Å². The van der Waals surface area contributed by atoms with Gasteiger partial charge in [0.05, 0.1) is 5.56 Å². The summed E-state index contributed by atoms with van der Waals surface area (Å²) in [5.74, 6) is -1.34.